The first-order chi connectivity index (χ1) is 8.75. The number of nitrogens with one attached hydrogen (secondary N) is 1. The largest absolute Gasteiger partial charge is 0.390 e. The van der Waals surface area contributed by atoms with E-state index in [1.165, 1.54) is 6.20 Å². The second kappa shape index (κ2) is 4.47. The highest BCUT2D eigenvalue weighted by atomic mass is 32.1. The van der Waals surface area contributed by atoms with E-state index in [2.05, 4.69) is 14.1 Å². The molecule has 0 saturated carbocycles. The topological polar surface area (TPSA) is 75.1 Å². The maximum absolute atomic E-state index is 11.9. The fraction of sp³-hybridized carbons (Fsp3) is 0.250. The van der Waals surface area contributed by atoms with E-state index in [0.29, 0.717) is 6.42 Å². The van der Waals surface area contributed by atoms with Crippen LogP contribution < -0.4 is 5.32 Å². The van der Waals surface area contributed by atoms with Crippen LogP contribution in [0.15, 0.2) is 30.5 Å². The number of carbonyl (C=O) groups is 1. The third kappa shape index (κ3) is 1.89. The molecule has 18 heavy (non-hydrogen) atoms. The molecule has 1 aliphatic carbocycles. The average molecular weight is 261 g/mol. The molecule has 1 heterocycles. The number of benzene rings is 1. The number of aliphatic hydroxyl groups is 1. The van der Waals surface area contributed by atoms with Gasteiger partial charge in [-0.25, -0.2) is 0 Å². The Kier molecular flexibility index (Phi) is 2.81. The number of nitrogens with zero attached hydrogens (tertiary/aromatic N) is 2. The molecule has 1 aliphatic rings. The van der Waals surface area contributed by atoms with Crippen LogP contribution in [0.25, 0.3) is 0 Å². The maximum atomic E-state index is 11.9. The van der Waals surface area contributed by atoms with Crippen molar-refractivity contribution in [2.24, 2.45) is 0 Å². The van der Waals surface area contributed by atoms with Crippen molar-refractivity contribution in [1.82, 2.24) is 14.1 Å². The van der Waals surface area contributed by atoms with E-state index in [9.17, 15) is 9.90 Å². The molecule has 0 aliphatic heterocycles. The number of hydrogen-bond acceptors (Lipinski definition) is 5. The van der Waals surface area contributed by atoms with E-state index in [4.69, 9.17) is 0 Å². The molecule has 0 radical (unpaired) electrons. The zero-order chi connectivity index (χ0) is 12.5. The smallest absolute Gasteiger partial charge is 0.273 e. The van der Waals surface area contributed by atoms with Gasteiger partial charge in [-0.05, 0) is 11.1 Å². The zero-order valence-electron chi connectivity index (χ0n) is 9.41. The van der Waals surface area contributed by atoms with Crippen LogP contribution in [0.4, 0.5) is 0 Å². The summed E-state index contributed by atoms with van der Waals surface area (Å²) in [7, 11) is 0. The van der Waals surface area contributed by atoms with Crippen molar-refractivity contribution in [1.29, 1.82) is 0 Å². The third-order valence-corrected chi connectivity index (χ3v) is 3.56. The van der Waals surface area contributed by atoms with E-state index in [1.54, 1.807) is 0 Å². The summed E-state index contributed by atoms with van der Waals surface area (Å²) in [6.07, 6.45) is 1.40. The highest BCUT2D eigenvalue weighted by Gasteiger charge is 2.32. The molecule has 5 nitrogen and oxygen atoms in total. The molecule has 0 bridgehead atoms. The number of carbonyl (C=O) groups excluding carboxylic acids is 1. The van der Waals surface area contributed by atoms with Crippen molar-refractivity contribution in [2.75, 3.05) is 0 Å². The van der Waals surface area contributed by atoms with Gasteiger partial charge < -0.3 is 10.4 Å². The highest BCUT2D eigenvalue weighted by Crippen LogP contribution is 2.31. The van der Waals surface area contributed by atoms with Crippen molar-refractivity contribution < 1.29 is 9.90 Å². The van der Waals surface area contributed by atoms with Gasteiger partial charge in [-0.3, -0.25) is 4.79 Å². The first-order valence-corrected chi connectivity index (χ1v) is 6.33. The number of aliphatic hydroxyl groups excluding tert-OH is 1. The van der Waals surface area contributed by atoms with Gasteiger partial charge in [0.05, 0.1) is 30.1 Å². The summed E-state index contributed by atoms with van der Waals surface area (Å²) in [5.41, 5.74) is 2.34. The number of hydrogen-bond donors (Lipinski definition) is 2. The molecule has 2 N–H and O–H groups in total. The minimum atomic E-state index is -0.585. The number of rotatable bonds is 2. The van der Waals surface area contributed by atoms with Gasteiger partial charge in [0.1, 0.15) is 0 Å². The normalized spacial score (nSPS) is 21.6. The van der Waals surface area contributed by atoms with Crippen LogP contribution in [-0.2, 0) is 6.42 Å². The molecule has 0 saturated heterocycles. The Hall–Kier alpha value is -1.79. The Labute approximate surface area is 108 Å². The quantitative estimate of drug-likeness (QED) is 0.843. The molecule has 2 aromatic rings. The van der Waals surface area contributed by atoms with Crippen molar-refractivity contribution in [3.63, 3.8) is 0 Å². The summed E-state index contributed by atoms with van der Waals surface area (Å²) in [6, 6.07) is 7.36. The molecule has 1 aromatic heterocycles. The number of aromatic nitrogens is 2. The van der Waals surface area contributed by atoms with E-state index in [-0.39, 0.29) is 17.6 Å². The second-order valence-corrected chi connectivity index (χ2v) is 4.77. The Morgan fingerprint density at radius 3 is 3.06 bits per heavy atom. The predicted molar refractivity (Wildman–Crippen MR) is 66.3 cm³/mol. The first kappa shape index (κ1) is 11.3. The van der Waals surface area contributed by atoms with E-state index in [1.807, 2.05) is 24.3 Å². The Balaban J connectivity index is 1.83. The van der Waals surface area contributed by atoms with Crippen molar-refractivity contribution in [2.45, 2.75) is 18.6 Å². The highest BCUT2D eigenvalue weighted by molar-refractivity contribution is 6.99. The van der Waals surface area contributed by atoms with E-state index >= 15 is 0 Å². The van der Waals surface area contributed by atoms with E-state index in [0.717, 1.165) is 22.9 Å². The van der Waals surface area contributed by atoms with Crippen molar-refractivity contribution >= 4 is 17.6 Å². The number of fused-ring (bicyclic) bond motifs is 1. The van der Waals surface area contributed by atoms with Gasteiger partial charge in [0.15, 0.2) is 5.69 Å². The lowest BCUT2D eigenvalue weighted by molar-refractivity contribution is 0.0854. The minimum absolute atomic E-state index is 0.289. The van der Waals surface area contributed by atoms with E-state index < -0.39 is 6.10 Å². The molecule has 3 rings (SSSR count). The lowest BCUT2D eigenvalue weighted by Gasteiger charge is -2.16. The van der Waals surface area contributed by atoms with Gasteiger partial charge in [-0.1, -0.05) is 24.3 Å². The maximum Gasteiger partial charge on any atom is 0.273 e. The SMILES string of the molecule is O=C(NC1c2ccccc2CC1O)c1cnsn1. The minimum Gasteiger partial charge on any atom is -0.390 e. The lowest BCUT2D eigenvalue weighted by atomic mass is 10.1. The summed E-state index contributed by atoms with van der Waals surface area (Å²) in [5, 5.41) is 12.8. The molecule has 2 atom stereocenters. The molecule has 2 unspecified atom stereocenters. The lowest BCUT2D eigenvalue weighted by Crippen LogP contribution is -2.34. The Bertz CT molecular complexity index is 570. The van der Waals surface area contributed by atoms with Gasteiger partial charge in [0, 0.05) is 6.42 Å². The standard InChI is InChI=1S/C12H11N3O2S/c16-10-5-7-3-1-2-4-8(7)11(10)14-12(17)9-6-13-18-15-9/h1-4,6,10-11,16H,5H2,(H,14,17). The molecular weight excluding hydrogens is 250 g/mol. The van der Waals surface area contributed by atoms with Gasteiger partial charge in [-0.2, -0.15) is 8.75 Å². The van der Waals surface area contributed by atoms with Crippen LogP contribution >= 0.6 is 11.7 Å². The van der Waals surface area contributed by atoms with Crippen LogP contribution in [0, 0.1) is 0 Å². The Morgan fingerprint density at radius 2 is 2.28 bits per heavy atom. The summed E-state index contributed by atoms with van der Waals surface area (Å²) < 4.78 is 7.66. The molecular formula is C12H11N3O2S. The summed E-state index contributed by atoms with van der Waals surface area (Å²) in [6.45, 7) is 0. The second-order valence-electron chi connectivity index (χ2n) is 4.21. The molecule has 1 aromatic carbocycles. The summed E-state index contributed by atoms with van der Waals surface area (Å²) >= 11 is 0.989. The fourth-order valence-corrected chi connectivity index (χ4v) is 2.64. The first-order valence-electron chi connectivity index (χ1n) is 5.60. The third-order valence-electron chi connectivity index (χ3n) is 3.08. The van der Waals surface area contributed by atoms with Crippen molar-refractivity contribution in [3.05, 3.63) is 47.3 Å². The van der Waals surface area contributed by atoms with Gasteiger partial charge in [0.25, 0.3) is 5.91 Å². The molecule has 0 fully saturated rings. The van der Waals surface area contributed by atoms with Crippen LogP contribution in [0.5, 0.6) is 0 Å². The van der Waals surface area contributed by atoms with Crippen molar-refractivity contribution in [3.8, 4) is 0 Å². The molecule has 0 spiro atoms. The fourth-order valence-electron chi connectivity index (χ4n) is 2.23. The number of amides is 1. The van der Waals surface area contributed by atoms with Gasteiger partial charge >= 0.3 is 0 Å². The monoisotopic (exact) mass is 261 g/mol. The van der Waals surface area contributed by atoms with Crippen LogP contribution in [0.2, 0.25) is 0 Å². The average Bonchev–Trinajstić information content (AvgIpc) is 2.98. The Morgan fingerprint density at radius 1 is 1.44 bits per heavy atom. The molecule has 1 amide bonds. The van der Waals surface area contributed by atoms with Gasteiger partial charge in [0.2, 0.25) is 0 Å². The zero-order valence-corrected chi connectivity index (χ0v) is 10.2. The molecule has 6 heteroatoms. The summed E-state index contributed by atoms with van der Waals surface area (Å²) in [5.74, 6) is -0.301. The van der Waals surface area contributed by atoms with Gasteiger partial charge in [-0.15, -0.1) is 0 Å². The van der Waals surface area contributed by atoms with Crippen LogP contribution in [-0.4, -0.2) is 25.9 Å². The van der Waals surface area contributed by atoms with Crippen LogP contribution in [0.3, 0.4) is 0 Å². The predicted octanol–water partition coefficient (Wildman–Crippen LogP) is 0.926. The van der Waals surface area contributed by atoms with Crippen LogP contribution in [0.1, 0.15) is 27.7 Å². The summed E-state index contributed by atoms with van der Waals surface area (Å²) in [4.78, 5) is 11.9. The molecule has 92 valence electrons.